The molecule has 5 rings (SSSR count). The number of rotatable bonds is 6. The molecule has 1 aliphatic heterocycles. The average Bonchev–Trinajstić information content (AvgIpc) is 3.24. The number of hydrogen-bond donors (Lipinski definition) is 1. The van der Waals surface area contributed by atoms with Crippen molar-refractivity contribution in [2.75, 3.05) is 26.3 Å². The molecule has 1 aliphatic rings. The zero-order chi connectivity index (χ0) is 24.6. The van der Waals surface area contributed by atoms with Crippen molar-refractivity contribution in [3.05, 3.63) is 66.0 Å². The predicted molar refractivity (Wildman–Crippen MR) is 130 cm³/mol. The molecule has 2 heterocycles. The summed E-state index contributed by atoms with van der Waals surface area (Å²) in [6.45, 7) is 3.72. The molecular weight excluding hydrogens is 470 g/mol. The lowest BCUT2D eigenvalue weighted by molar-refractivity contribution is 0.0455. The maximum atomic E-state index is 13.0. The van der Waals surface area contributed by atoms with Crippen molar-refractivity contribution in [3.8, 4) is 5.75 Å². The zero-order valence-electron chi connectivity index (χ0n) is 19.2. The van der Waals surface area contributed by atoms with Gasteiger partial charge in [0.05, 0.1) is 29.1 Å². The van der Waals surface area contributed by atoms with Crippen molar-refractivity contribution in [1.82, 2.24) is 13.9 Å². The number of aromatic hydroxyl groups is 1. The third kappa shape index (κ3) is 4.36. The Balaban J connectivity index is 1.40. The molecule has 0 spiro atoms. The van der Waals surface area contributed by atoms with Crippen LogP contribution < -0.4 is 0 Å². The van der Waals surface area contributed by atoms with Crippen molar-refractivity contribution in [2.24, 2.45) is 0 Å². The number of imidazole rings is 1. The maximum absolute atomic E-state index is 13.0. The molecule has 10 heteroatoms. The number of aryl methyl sites for hydroxylation is 1. The number of aromatic nitrogens is 2. The fraction of sp³-hybridized carbons (Fsp3) is 0.280. The van der Waals surface area contributed by atoms with Crippen LogP contribution in [-0.2, 0) is 32.6 Å². The second-order valence-electron chi connectivity index (χ2n) is 8.23. The first-order valence-corrected chi connectivity index (χ1v) is 12.8. The highest BCUT2D eigenvalue weighted by Gasteiger charge is 2.27. The molecule has 0 amide bonds. The molecule has 0 aliphatic carbocycles. The van der Waals surface area contributed by atoms with E-state index in [1.54, 1.807) is 24.3 Å². The Bertz CT molecular complexity index is 1520. The fourth-order valence-corrected chi connectivity index (χ4v) is 5.75. The number of ether oxygens (including phenoxy) is 2. The number of hydrogen-bond acceptors (Lipinski definition) is 7. The molecule has 1 N–H and O–H groups in total. The topological polar surface area (TPSA) is 111 Å². The molecule has 0 atom stereocenters. The molecule has 4 aromatic rings. The molecule has 35 heavy (non-hydrogen) atoms. The van der Waals surface area contributed by atoms with Crippen LogP contribution in [0, 0.1) is 0 Å². The van der Waals surface area contributed by atoms with Crippen molar-refractivity contribution < 1.29 is 27.8 Å². The normalized spacial score (nSPS) is 15.0. The number of phenolic OH excluding ortho intramolecular Hbond substituents is 1. The second-order valence-corrected chi connectivity index (χ2v) is 10.2. The summed E-state index contributed by atoms with van der Waals surface area (Å²) in [4.78, 5) is 17.5. The molecule has 0 unspecified atom stereocenters. The van der Waals surface area contributed by atoms with Crippen molar-refractivity contribution in [3.63, 3.8) is 0 Å². The lowest BCUT2D eigenvalue weighted by Crippen LogP contribution is -2.40. The molecule has 1 fully saturated rings. The van der Waals surface area contributed by atoms with Gasteiger partial charge in [-0.2, -0.15) is 4.31 Å². The summed E-state index contributed by atoms with van der Waals surface area (Å²) in [5.41, 5.74) is 1.32. The molecule has 9 nitrogen and oxygen atoms in total. The Morgan fingerprint density at radius 1 is 1.09 bits per heavy atom. The quantitative estimate of drug-likeness (QED) is 0.409. The summed E-state index contributed by atoms with van der Waals surface area (Å²) < 4.78 is 40.1. The minimum atomic E-state index is -3.66. The lowest BCUT2D eigenvalue weighted by atomic mass is 10.1. The SMILES string of the molecule is CCn1c(COC(=O)c2cc3ccccc3cc2O)nc2cc(S(=O)(=O)N3CCOCC3)ccc21. The third-order valence-corrected chi connectivity index (χ3v) is 8.03. The highest BCUT2D eigenvalue weighted by molar-refractivity contribution is 7.89. The van der Waals surface area contributed by atoms with Crippen LogP contribution in [0.3, 0.4) is 0 Å². The molecular formula is C25H25N3O6S. The smallest absolute Gasteiger partial charge is 0.342 e. The van der Waals surface area contributed by atoms with Crippen LogP contribution in [0.25, 0.3) is 21.8 Å². The molecule has 182 valence electrons. The minimum Gasteiger partial charge on any atom is -0.507 e. The van der Waals surface area contributed by atoms with Gasteiger partial charge in [-0.1, -0.05) is 24.3 Å². The van der Waals surface area contributed by atoms with Gasteiger partial charge >= 0.3 is 5.97 Å². The first-order chi connectivity index (χ1) is 16.9. The van der Waals surface area contributed by atoms with Crippen LogP contribution in [0.15, 0.2) is 59.5 Å². The van der Waals surface area contributed by atoms with E-state index in [0.29, 0.717) is 44.2 Å². The van der Waals surface area contributed by atoms with Gasteiger partial charge in [0.15, 0.2) is 0 Å². The van der Waals surface area contributed by atoms with Gasteiger partial charge in [-0.25, -0.2) is 18.2 Å². The van der Waals surface area contributed by atoms with Gasteiger partial charge in [0.2, 0.25) is 10.0 Å². The van der Waals surface area contributed by atoms with Crippen molar-refractivity contribution >= 4 is 37.8 Å². The number of phenols is 1. The largest absolute Gasteiger partial charge is 0.507 e. The van der Waals surface area contributed by atoms with E-state index < -0.39 is 16.0 Å². The standard InChI is InChI=1S/C25H25N3O6S/c1-2-28-22-8-7-19(35(31,32)27-9-11-33-12-10-27)15-21(22)26-24(28)16-34-25(30)20-13-17-5-3-4-6-18(17)14-23(20)29/h3-8,13-15,29H,2,9-12,16H2,1H3. The third-order valence-electron chi connectivity index (χ3n) is 6.14. The van der Waals surface area contributed by atoms with Crippen LogP contribution in [0.2, 0.25) is 0 Å². The van der Waals surface area contributed by atoms with Crippen molar-refractivity contribution in [2.45, 2.75) is 25.0 Å². The predicted octanol–water partition coefficient (Wildman–Crippen LogP) is 3.29. The van der Waals surface area contributed by atoms with Crippen LogP contribution in [0.4, 0.5) is 0 Å². The van der Waals surface area contributed by atoms with E-state index >= 15 is 0 Å². The molecule has 1 aromatic heterocycles. The first-order valence-electron chi connectivity index (χ1n) is 11.3. The summed E-state index contributed by atoms with van der Waals surface area (Å²) in [7, 11) is -3.66. The monoisotopic (exact) mass is 495 g/mol. The van der Waals surface area contributed by atoms with Crippen LogP contribution in [0.1, 0.15) is 23.1 Å². The summed E-state index contributed by atoms with van der Waals surface area (Å²) >= 11 is 0. The Kier molecular flexibility index (Phi) is 6.18. The van der Waals surface area contributed by atoms with Gasteiger partial charge in [0.25, 0.3) is 0 Å². The number of esters is 1. The fourth-order valence-electron chi connectivity index (χ4n) is 4.32. The number of benzene rings is 3. The molecule has 1 saturated heterocycles. The van der Waals surface area contributed by atoms with Crippen molar-refractivity contribution in [1.29, 1.82) is 0 Å². The average molecular weight is 496 g/mol. The van der Waals surface area contributed by atoms with Crippen LogP contribution in [-0.4, -0.2) is 59.7 Å². The van der Waals surface area contributed by atoms with E-state index in [2.05, 4.69) is 4.98 Å². The van der Waals surface area contributed by atoms with Crippen LogP contribution >= 0.6 is 0 Å². The van der Waals surface area contributed by atoms with Gasteiger partial charge in [-0.05, 0) is 48.0 Å². The number of carbonyl (C=O) groups excluding carboxylic acids is 1. The molecule has 3 aromatic carbocycles. The summed E-state index contributed by atoms with van der Waals surface area (Å²) in [5.74, 6) is -0.341. The number of fused-ring (bicyclic) bond motifs is 2. The van der Waals surface area contributed by atoms with E-state index in [-0.39, 0.29) is 22.8 Å². The number of carbonyl (C=O) groups is 1. The van der Waals surface area contributed by atoms with Gasteiger partial charge in [0, 0.05) is 19.6 Å². The highest BCUT2D eigenvalue weighted by atomic mass is 32.2. The molecule has 0 bridgehead atoms. The summed E-state index contributed by atoms with van der Waals surface area (Å²) in [5, 5.41) is 11.9. The minimum absolute atomic E-state index is 0.0711. The molecule has 0 saturated carbocycles. The maximum Gasteiger partial charge on any atom is 0.342 e. The number of morpholine rings is 1. The Labute approximate surface area is 202 Å². The Morgan fingerprint density at radius 3 is 2.51 bits per heavy atom. The zero-order valence-corrected chi connectivity index (χ0v) is 20.0. The van der Waals surface area contributed by atoms with Gasteiger partial charge in [0.1, 0.15) is 23.7 Å². The van der Waals surface area contributed by atoms with E-state index in [9.17, 15) is 18.3 Å². The van der Waals surface area contributed by atoms with E-state index in [4.69, 9.17) is 9.47 Å². The Morgan fingerprint density at radius 2 is 1.80 bits per heavy atom. The van der Waals surface area contributed by atoms with Gasteiger partial charge < -0.3 is 19.1 Å². The lowest BCUT2D eigenvalue weighted by Gasteiger charge is -2.26. The van der Waals surface area contributed by atoms with E-state index in [1.807, 2.05) is 35.8 Å². The number of sulfonamides is 1. The number of nitrogens with zero attached hydrogens (tertiary/aromatic N) is 3. The summed E-state index contributed by atoms with van der Waals surface area (Å²) in [6.07, 6.45) is 0. The highest BCUT2D eigenvalue weighted by Crippen LogP contribution is 2.27. The van der Waals surface area contributed by atoms with Crippen LogP contribution in [0.5, 0.6) is 5.75 Å². The molecule has 0 radical (unpaired) electrons. The summed E-state index contributed by atoms with van der Waals surface area (Å²) in [6, 6.07) is 15.4. The van der Waals surface area contributed by atoms with E-state index in [1.165, 1.54) is 10.4 Å². The van der Waals surface area contributed by atoms with Gasteiger partial charge in [-0.15, -0.1) is 0 Å². The first kappa shape index (κ1) is 23.3. The van der Waals surface area contributed by atoms with E-state index in [0.717, 1.165) is 16.3 Å². The Hall–Kier alpha value is -3.47. The second kappa shape index (κ2) is 9.29. The van der Waals surface area contributed by atoms with Gasteiger partial charge in [-0.3, -0.25) is 0 Å².